The maximum absolute atomic E-state index is 12.5. The van der Waals surface area contributed by atoms with E-state index in [0.717, 1.165) is 49.5 Å². The lowest BCUT2D eigenvalue weighted by Gasteiger charge is -2.52. The van der Waals surface area contributed by atoms with E-state index in [1.54, 1.807) is 18.1 Å². The van der Waals surface area contributed by atoms with Crippen molar-refractivity contribution in [2.75, 3.05) is 6.54 Å². The predicted molar refractivity (Wildman–Crippen MR) is 136 cm³/mol. The number of rotatable bonds is 0. The molecule has 0 bridgehead atoms. The number of aromatic amines is 1. The molecule has 2 aliphatic heterocycles. The van der Waals surface area contributed by atoms with Crippen LogP contribution in [0, 0.1) is 35.0 Å². The van der Waals surface area contributed by atoms with Gasteiger partial charge in [0.2, 0.25) is 5.91 Å². The first-order valence-corrected chi connectivity index (χ1v) is 14.4. The van der Waals surface area contributed by atoms with Gasteiger partial charge in [-0.3, -0.25) is 9.89 Å². The highest BCUT2D eigenvalue weighted by molar-refractivity contribution is 5.74. The summed E-state index contributed by atoms with van der Waals surface area (Å²) in [7, 11) is 0. The van der Waals surface area contributed by atoms with E-state index >= 15 is 0 Å². The maximum atomic E-state index is 12.5. The Morgan fingerprint density at radius 2 is 2.09 bits per heavy atom. The molecule has 35 heavy (non-hydrogen) atoms. The zero-order valence-corrected chi connectivity index (χ0v) is 22.1. The first kappa shape index (κ1) is 22.6. The molecular weight excluding hydrogens is 434 g/mol. The number of nitrogens with one attached hydrogen (secondary N) is 1. The molecule has 5 heteroatoms. The Morgan fingerprint density at radius 1 is 1.23 bits per heavy atom. The van der Waals surface area contributed by atoms with Crippen LogP contribution in [0.15, 0.2) is 17.3 Å². The number of likely N-dealkylation sites (tertiary alicyclic amines) is 1. The normalized spacial score (nSPS) is 46.5. The summed E-state index contributed by atoms with van der Waals surface area (Å²) in [6.45, 7) is 9.98. The Kier molecular flexibility index (Phi) is 4.96. The summed E-state index contributed by atoms with van der Waals surface area (Å²) in [6.07, 6.45) is 14.5. The minimum atomic E-state index is -0.0539. The van der Waals surface area contributed by atoms with Crippen LogP contribution in [-0.2, 0) is 22.4 Å². The Morgan fingerprint density at radius 3 is 2.91 bits per heavy atom. The number of allylic oxidation sites excluding steroid dienone is 1. The first-order valence-electron chi connectivity index (χ1n) is 14.4. The third-order valence-corrected chi connectivity index (χ3v) is 11.8. The molecule has 1 aromatic rings. The number of ether oxygens (including phenoxy) is 1. The monoisotopic (exact) mass is 477 g/mol. The summed E-state index contributed by atoms with van der Waals surface area (Å²) in [5.41, 5.74) is 6.67. The van der Waals surface area contributed by atoms with Gasteiger partial charge in [-0.2, -0.15) is 5.10 Å². The number of fused-ring (bicyclic) bond motifs is 7. The Labute approximate surface area is 210 Å². The van der Waals surface area contributed by atoms with Crippen LogP contribution in [0.5, 0.6) is 0 Å². The lowest BCUT2D eigenvalue weighted by Crippen LogP contribution is -2.50. The van der Waals surface area contributed by atoms with Gasteiger partial charge in [0.25, 0.3) is 0 Å². The topological polar surface area (TPSA) is 58.2 Å². The molecule has 7 rings (SSSR count). The summed E-state index contributed by atoms with van der Waals surface area (Å²) in [4.78, 5) is 14.6. The quantitative estimate of drug-likeness (QED) is 0.505. The van der Waals surface area contributed by atoms with Gasteiger partial charge in [0, 0.05) is 19.2 Å². The zero-order chi connectivity index (χ0) is 24.1. The minimum absolute atomic E-state index is 0.0539. The van der Waals surface area contributed by atoms with Crippen molar-refractivity contribution in [2.24, 2.45) is 35.0 Å². The smallest absolute Gasteiger partial charge is 0.219 e. The van der Waals surface area contributed by atoms with E-state index in [1.807, 2.05) is 0 Å². The number of piperidine rings is 1. The Balaban J connectivity index is 1.16. The van der Waals surface area contributed by atoms with Crippen molar-refractivity contribution < 1.29 is 9.53 Å². The van der Waals surface area contributed by atoms with E-state index in [4.69, 9.17) is 4.74 Å². The van der Waals surface area contributed by atoms with Gasteiger partial charge in [-0.1, -0.05) is 25.0 Å². The molecule has 5 nitrogen and oxygen atoms in total. The molecule has 0 radical (unpaired) electrons. The Bertz CT molecular complexity index is 1080. The number of H-pyrrole nitrogens is 1. The molecule has 3 heterocycles. The number of aromatic nitrogens is 2. The fraction of sp³-hybridized carbons (Fsp3) is 0.800. The second-order valence-electron chi connectivity index (χ2n) is 13.8. The van der Waals surface area contributed by atoms with Crippen LogP contribution in [-0.4, -0.2) is 45.3 Å². The molecule has 2 saturated carbocycles. The lowest BCUT2D eigenvalue weighted by atomic mass is 9.52. The van der Waals surface area contributed by atoms with Crippen molar-refractivity contribution in [2.45, 2.75) is 110 Å². The molecule has 1 N–H and O–H groups in total. The third-order valence-electron chi connectivity index (χ3n) is 11.8. The van der Waals surface area contributed by atoms with Crippen molar-refractivity contribution in [3.05, 3.63) is 28.6 Å². The molecule has 4 fully saturated rings. The van der Waals surface area contributed by atoms with Gasteiger partial charge in [0.1, 0.15) is 0 Å². The second kappa shape index (κ2) is 7.69. The molecule has 9 unspecified atom stereocenters. The number of hydrogen-bond donors (Lipinski definition) is 1. The molecule has 190 valence electrons. The highest BCUT2D eigenvalue weighted by atomic mass is 16.5. The van der Waals surface area contributed by atoms with E-state index in [0.29, 0.717) is 11.3 Å². The molecule has 4 aliphatic carbocycles. The average molecular weight is 478 g/mol. The molecule has 9 atom stereocenters. The van der Waals surface area contributed by atoms with Gasteiger partial charge >= 0.3 is 0 Å². The first-order chi connectivity index (χ1) is 16.8. The number of carbonyl (C=O) groups is 1. The van der Waals surface area contributed by atoms with Crippen LogP contribution in [0.25, 0.3) is 0 Å². The zero-order valence-electron chi connectivity index (χ0n) is 22.1. The molecule has 0 aromatic carbocycles. The summed E-state index contributed by atoms with van der Waals surface area (Å²) in [5, 5.41) is 7.69. The second-order valence-corrected chi connectivity index (χ2v) is 13.8. The third kappa shape index (κ3) is 3.29. The van der Waals surface area contributed by atoms with E-state index < -0.39 is 0 Å². The molecule has 1 spiro atoms. The summed E-state index contributed by atoms with van der Waals surface area (Å²) < 4.78 is 6.99. The van der Waals surface area contributed by atoms with E-state index in [-0.39, 0.29) is 23.7 Å². The van der Waals surface area contributed by atoms with Crippen LogP contribution < -0.4 is 0 Å². The molecule has 2 saturated heterocycles. The van der Waals surface area contributed by atoms with Gasteiger partial charge < -0.3 is 9.64 Å². The molecule has 6 aliphatic rings. The van der Waals surface area contributed by atoms with E-state index in [1.165, 1.54) is 56.2 Å². The summed E-state index contributed by atoms with van der Waals surface area (Å²) >= 11 is 0. The lowest BCUT2D eigenvalue weighted by molar-refractivity contribution is -0.137. The van der Waals surface area contributed by atoms with Crippen LogP contribution in [0.2, 0.25) is 0 Å². The van der Waals surface area contributed by atoms with Crippen molar-refractivity contribution in [1.29, 1.82) is 0 Å². The van der Waals surface area contributed by atoms with Gasteiger partial charge in [0.15, 0.2) is 0 Å². The van der Waals surface area contributed by atoms with Crippen molar-refractivity contribution in [3.8, 4) is 0 Å². The number of hydrogen-bond acceptors (Lipinski definition) is 3. The molecule has 1 amide bonds. The molecular formula is C30H43N3O2. The fourth-order valence-electron chi connectivity index (χ4n) is 10.2. The van der Waals surface area contributed by atoms with Crippen molar-refractivity contribution in [3.63, 3.8) is 0 Å². The fourth-order valence-corrected chi connectivity index (χ4v) is 10.2. The Hall–Kier alpha value is -1.62. The maximum Gasteiger partial charge on any atom is 0.219 e. The highest BCUT2D eigenvalue weighted by Crippen LogP contribution is 2.64. The molecule has 1 aromatic heterocycles. The number of nitrogens with zero attached hydrogens (tertiary/aromatic N) is 2. The number of amides is 1. The predicted octanol–water partition coefficient (Wildman–Crippen LogP) is 5.46. The van der Waals surface area contributed by atoms with Crippen LogP contribution in [0.3, 0.4) is 0 Å². The van der Waals surface area contributed by atoms with Crippen molar-refractivity contribution >= 4 is 5.91 Å². The van der Waals surface area contributed by atoms with Gasteiger partial charge in [-0.25, -0.2) is 0 Å². The van der Waals surface area contributed by atoms with Crippen molar-refractivity contribution in [1.82, 2.24) is 15.1 Å². The minimum Gasteiger partial charge on any atom is -0.369 e. The number of carbonyl (C=O) groups excluding carboxylic acids is 1. The van der Waals surface area contributed by atoms with Gasteiger partial charge in [0.05, 0.1) is 23.9 Å². The van der Waals surface area contributed by atoms with Gasteiger partial charge in [-0.05, 0) is 112 Å². The summed E-state index contributed by atoms with van der Waals surface area (Å²) in [6, 6.07) is 0.285. The highest BCUT2D eigenvalue weighted by Gasteiger charge is 2.58. The van der Waals surface area contributed by atoms with E-state index in [2.05, 4.69) is 42.1 Å². The summed E-state index contributed by atoms with van der Waals surface area (Å²) in [5.74, 6) is 3.96. The van der Waals surface area contributed by atoms with Crippen LogP contribution >= 0.6 is 0 Å². The largest absolute Gasteiger partial charge is 0.369 e. The van der Waals surface area contributed by atoms with Crippen LogP contribution in [0.1, 0.15) is 90.3 Å². The van der Waals surface area contributed by atoms with Gasteiger partial charge in [-0.15, -0.1) is 0 Å². The van der Waals surface area contributed by atoms with Crippen LogP contribution in [0.4, 0.5) is 0 Å². The van der Waals surface area contributed by atoms with E-state index in [9.17, 15) is 4.79 Å². The SMILES string of the molecule is CC(=O)N1CC(C)CC2OC3(CCC4C(=C(C)C3)CC3C4CCC4Cc5[nH]ncc5CC43C)CC21. The standard InChI is InChI=1S/C30H43N3O2/c1-17-9-28-27(33(16-17)19(3)34)14-30(35-28)8-7-22-23-6-5-21-10-26-20(15-31-32-26)13-29(21,4)25(23)11-24(22)18(2)12-30/h15,17,21-23,25,27-28H,5-14,16H2,1-4H3,(H,31,32). The average Bonchev–Trinajstić information content (AvgIpc) is 3.48.